The third-order valence-corrected chi connectivity index (χ3v) is 3.73. The molecule has 22 heavy (non-hydrogen) atoms. The number of rotatable bonds is 5. The molecule has 0 amide bonds. The van der Waals surface area contributed by atoms with E-state index in [1.165, 1.54) is 13.2 Å². The fourth-order valence-corrected chi connectivity index (χ4v) is 2.44. The zero-order chi connectivity index (χ0) is 16.1. The molecule has 0 atom stereocenters. The summed E-state index contributed by atoms with van der Waals surface area (Å²) in [4.78, 5) is 12.3. The molecule has 5 heteroatoms. The van der Waals surface area contributed by atoms with Crippen molar-refractivity contribution < 1.29 is 14.3 Å². The van der Waals surface area contributed by atoms with E-state index in [9.17, 15) is 4.79 Å². The molecule has 0 aliphatic rings. The van der Waals surface area contributed by atoms with Gasteiger partial charge < -0.3 is 9.47 Å². The number of carbonyl (C=O) groups excluding carboxylic acids is 1. The molecule has 0 spiro atoms. The molecular weight excluding hydrogens is 323 g/mol. The summed E-state index contributed by atoms with van der Waals surface area (Å²) in [5, 5.41) is 0.969. The zero-order valence-corrected chi connectivity index (χ0v) is 13.6. The van der Waals surface area contributed by atoms with Crippen molar-refractivity contribution in [3.63, 3.8) is 0 Å². The minimum absolute atomic E-state index is 0.213. The molecule has 114 valence electrons. The normalized spacial score (nSPS) is 10.7. The number of ketones is 1. The van der Waals surface area contributed by atoms with Crippen LogP contribution in [0.2, 0.25) is 10.0 Å². The molecule has 2 rings (SSSR count). The van der Waals surface area contributed by atoms with Crippen LogP contribution in [-0.2, 0) is 0 Å². The van der Waals surface area contributed by atoms with E-state index in [0.29, 0.717) is 32.7 Å². The fourth-order valence-electron chi connectivity index (χ4n) is 1.92. The Morgan fingerprint density at radius 2 is 1.73 bits per heavy atom. The summed E-state index contributed by atoms with van der Waals surface area (Å²) in [5.41, 5.74) is 1.04. The van der Waals surface area contributed by atoms with Crippen LogP contribution in [-0.4, -0.2) is 20.0 Å². The van der Waals surface area contributed by atoms with Crippen molar-refractivity contribution in [3.05, 3.63) is 63.6 Å². The first-order valence-corrected chi connectivity index (χ1v) is 7.21. The molecule has 0 aromatic heterocycles. The fraction of sp³-hybridized carbons (Fsp3) is 0.118. The van der Waals surface area contributed by atoms with Gasteiger partial charge in [-0.1, -0.05) is 29.3 Å². The lowest BCUT2D eigenvalue weighted by Crippen LogP contribution is -1.99. The Morgan fingerprint density at radius 3 is 2.32 bits per heavy atom. The van der Waals surface area contributed by atoms with Crippen molar-refractivity contribution in [2.24, 2.45) is 0 Å². The van der Waals surface area contributed by atoms with E-state index in [1.54, 1.807) is 49.6 Å². The Kier molecular flexibility index (Phi) is 5.47. The molecule has 0 radical (unpaired) electrons. The van der Waals surface area contributed by atoms with Crippen LogP contribution in [0.1, 0.15) is 15.9 Å². The smallest absolute Gasteiger partial charge is 0.189 e. The Morgan fingerprint density at radius 1 is 1.05 bits per heavy atom. The highest BCUT2D eigenvalue weighted by atomic mass is 35.5. The Labute approximate surface area is 139 Å². The van der Waals surface area contributed by atoms with Crippen LogP contribution in [0.4, 0.5) is 0 Å². The lowest BCUT2D eigenvalue weighted by atomic mass is 10.1. The van der Waals surface area contributed by atoms with Gasteiger partial charge in [-0.15, -0.1) is 0 Å². The Bertz CT molecular complexity index is 704. The number of hydrogen-bond donors (Lipinski definition) is 0. The summed E-state index contributed by atoms with van der Waals surface area (Å²) < 4.78 is 10.3. The lowest BCUT2D eigenvalue weighted by molar-refractivity contribution is 0.104. The third kappa shape index (κ3) is 3.62. The molecule has 0 fully saturated rings. The van der Waals surface area contributed by atoms with Crippen LogP contribution >= 0.6 is 23.2 Å². The van der Waals surface area contributed by atoms with Crippen LogP contribution in [0.3, 0.4) is 0 Å². The lowest BCUT2D eigenvalue weighted by Gasteiger charge is -2.08. The van der Waals surface area contributed by atoms with Gasteiger partial charge in [0.15, 0.2) is 5.78 Å². The van der Waals surface area contributed by atoms with E-state index in [4.69, 9.17) is 32.7 Å². The molecule has 0 aliphatic heterocycles. The van der Waals surface area contributed by atoms with Gasteiger partial charge in [-0.25, -0.2) is 0 Å². The van der Waals surface area contributed by atoms with Crippen LogP contribution < -0.4 is 9.47 Å². The van der Waals surface area contributed by atoms with Crippen molar-refractivity contribution >= 4 is 35.1 Å². The van der Waals surface area contributed by atoms with Crippen LogP contribution in [0.5, 0.6) is 11.5 Å². The molecule has 0 saturated heterocycles. The number of benzene rings is 2. The average Bonchev–Trinajstić information content (AvgIpc) is 2.53. The molecule has 0 bridgehead atoms. The first kappa shape index (κ1) is 16.4. The molecule has 0 N–H and O–H groups in total. The average molecular weight is 337 g/mol. The molecule has 0 unspecified atom stereocenters. The molecule has 3 nitrogen and oxygen atoms in total. The predicted octanol–water partition coefficient (Wildman–Crippen LogP) is 4.91. The standard InChI is InChI=1S/C17H14Cl2O3/c1-21-11-6-7-13(17(10-11)22-2)16(20)9-8-12-14(18)4-3-5-15(12)19/h3-10H,1-2H3. The highest BCUT2D eigenvalue weighted by molar-refractivity contribution is 6.37. The summed E-state index contributed by atoms with van der Waals surface area (Å²) in [5.74, 6) is 0.848. The van der Waals surface area contributed by atoms with Gasteiger partial charge in [-0.2, -0.15) is 0 Å². The van der Waals surface area contributed by atoms with Crippen molar-refractivity contribution in [1.82, 2.24) is 0 Å². The SMILES string of the molecule is COc1ccc(C(=O)C=Cc2c(Cl)cccc2Cl)c(OC)c1. The summed E-state index contributed by atoms with van der Waals surface area (Å²) >= 11 is 12.1. The highest BCUT2D eigenvalue weighted by Crippen LogP contribution is 2.28. The monoisotopic (exact) mass is 336 g/mol. The molecule has 0 heterocycles. The first-order chi connectivity index (χ1) is 10.6. The second-order valence-electron chi connectivity index (χ2n) is 4.40. The van der Waals surface area contributed by atoms with Gasteiger partial charge in [0.25, 0.3) is 0 Å². The van der Waals surface area contributed by atoms with Crippen molar-refractivity contribution in [3.8, 4) is 11.5 Å². The number of hydrogen-bond acceptors (Lipinski definition) is 3. The molecule has 0 saturated carbocycles. The first-order valence-electron chi connectivity index (χ1n) is 6.45. The van der Waals surface area contributed by atoms with Gasteiger partial charge in [-0.05, 0) is 36.4 Å². The maximum absolute atomic E-state index is 12.3. The molecule has 2 aromatic carbocycles. The van der Waals surface area contributed by atoms with E-state index in [2.05, 4.69) is 0 Å². The second-order valence-corrected chi connectivity index (χ2v) is 5.21. The summed E-state index contributed by atoms with van der Waals surface area (Å²) in [6.45, 7) is 0. The molecular formula is C17H14Cl2O3. The van der Waals surface area contributed by atoms with E-state index in [1.807, 2.05) is 0 Å². The predicted molar refractivity (Wildman–Crippen MR) is 89.4 cm³/mol. The van der Waals surface area contributed by atoms with E-state index in [0.717, 1.165) is 0 Å². The summed E-state index contributed by atoms with van der Waals surface area (Å²) in [6, 6.07) is 10.2. The Balaban J connectivity index is 2.31. The van der Waals surface area contributed by atoms with E-state index in [-0.39, 0.29) is 5.78 Å². The van der Waals surface area contributed by atoms with Crippen molar-refractivity contribution in [1.29, 1.82) is 0 Å². The van der Waals surface area contributed by atoms with Gasteiger partial charge in [0.1, 0.15) is 11.5 Å². The minimum Gasteiger partial charge on any atom is -0.497 e. The van der Waals surface area contributed by atoms with Crippen molar-refractivity contribution in [2.75, 3.05) is 14.2 Å². The maximum Gasteiger partial charge on any atom is 0.189 e. The van der Waals surface area contributed by atoms with Gasteiger partial charge in [0.2, 0.25) is 0 Å². The van der Waals surface area contributed by atoms with Gasteiger partial charge in [0, 0.05) is 21.7 Å². The number of allylic oxidation sites excluding steroid dienone is 1. The number of carbonyl (C=O) groups is 1. The number of ether oxygens (including phenoxy) is 2. The number of methoxy groups -OCH3 is 2. The van der Waals surface area contributed by atoms with Crippen LogP contribution in [0.25, 0.3) is 6.08 Å². The maximum atomic E-state index is 12.3. The highest BCUT2D eigenvalue weighted by Gasteiger charge is 2.11. The largest absolute Gasteiger partial charge is 0.497 e. The molecule has 0 aliphatic carbocycles. The second kappa shape index (κ2) is 7.34. The topological polar surface area (TPSA) is 35.5 Å². The summed E-state index contributed by atoms with van der Waals surface area (Å²) in [7, 11) is 3.05. The van der Waals surface area contributed by atoms with Crippen molar-refractivity contribution in [2.45, 2.75) is 0 Å². The summed E-state index contributed by atoms with van der Waals surface area (Å²) in [6.07, 6.45) is 3.01. The van der Waals surface area contributed by atoms with E-state index >= 15 is 0 Å². The quantitative estimate of drug-likeness (QED) is 0.575. The molecule has 2 aromatic rings. The van der Waals surface area contributed by atoms with Gasteiger partial charge in [-0.3, -0.25) is 4.79 Å². The van der Waals surface area contributed by atoms with Gasteiger partial charge >= 0.3 is 0 Å². The minimum atomic E-state index is -0.213. The Hall–Kier alpha value is -1.97. The van der Waals surface area contributed by atoms with Crippen LogP contribution in [0.15, 0.2) is 42.5 Å². The van der Waals surface area contributed by atoms with Gasteiger partial charge in [0.05, 0.1) is 19.8 Å². The number of halogens is 2. The van der Waals surface area contributed by atoms with Crippen LogP contribution in [0, 0.1) is 0 Å². The third-order valence-electron chi connectivity index (χ3n) is 3.08. The van der Waals surface area contributed by atoms with E-state index < -0.39 is 0 Å². The zero-order valence-electron chi connectivity index (χ0n) is 12.1.